The van der Waals surface area contributed by atoms with Gasteiger partial charge < -0.3 is 5.32 Å². The third-order valence-electron chi connectivity index (χ3n) is 2.97. The maximum atomic E-state index is 4.67. The molecule has 20 heavy (non-hydrogen) atoms. The zero-order valence-corrected chi connectivity index (χ0v) is 15.0. The first kappa shape index (κ1) is 15.7. The molecule has 2 heterocycles. The monoisotopic (exact) mass is 356 g/mol. The molecule has 0 saturated heterocycles. The lowest BCUT2D eigenvalue weighted by Gasteiger charge is -2.19. The van der Waals surface area contributed by atoms with E-state index >= 15 is 0 Å². The van der Waals surface area contributed by atoms with Crippen molar-refractivity contribution >= 4 is 27.3 Å². The van der Waals surface area contributed by atoms with E-state index in [2.05, 4.69) is 64.4 Å². The zero-order valence-electron chi connectivity index (χ0n) is 12.6. The van der Waals surface area contributed by atoms with Crippen LogP contribution in [-0.2, 0) is 13.1 Å². The average Bonchev–Trinajstić information content (AvgIpc) is 2.88. The van der Waals surface area contributed by atoms with Crippen LogP contribution >= 0.6 is 27.3 Å². The van der Waals surface area contributed by atoms with Gasteiger partial charge in [0.15, 0.2) is 0 Å². The second-order valence-electron chi connectivity index (χ2n) is 5.98. The molecule has 0 unspecified atom stereocenters. The molecule has 0 radical (unpaired) electrons. The standard InChI is InChI=1S/C14H21BrN4S/c1-9-13(15)10(2)19(18-9)7-11-8-20-12(17-11)6-16-14(3,4)5/h8,16H,6-7H2,1-5H3. The molecule has 0 spiro atoms. The summed E-state index contributed by atoms with van der Waals surface area (Å²) in [4.78, 5) is 4.67. The molecule has 0 aliphatic carbocycles. The number of thiazole rings is 1. The van der Waals surface area contributed by atoms with Crippen molar-refractivity contribution in [3.8, 4) is 0 Å². The van der Waals surface area contributed by atoms with Gasteiger partial charge >= 0.3 is 0 Å². The molecule has 0 saturated carbocycles. The minimum Gasteiger partial charge on any atom is -0.306 e. The summed E-state index contributed by atoms with van der Waals surface area (Å²) in [6.45, 7) is 12.1. The van der Waals surface area contributed by atoms with Gasteiger partial charge in [-0.05, 0) is 50.5 Å². The first-order chi connectivity index (χ1) is 9.26. The molecule has 4 nitrogen and oxygen atoms in total. The number of nitrogens with zero attached hydrogens (tertiary/aromatic N) is 3. The molecular weight excluding hydrogens is 336 g/mol. The maximum Gasteiger partial charge on any atom is 0.107 e. The largest absolute Gasteiger partial charge is 0.306 e. The number of nitrogens with one attached hydrogen (secondary N) is 1. The summed E-state index contributed by atoms with van der Waals surface area (Å²) in [5.41, 5.74) is 3.35. The molecule has 2 rings (SSSR count). The lowest BCUT2D eigenvalue weighted by Crippen LogP contribution is -2.35. The molecule has 2 aromatic rings. The van der Waals surface area contributed by atoms with Crippen LogP contribution in [0.4, 0.5) is 0 Å². The van der Waals surface area contributed by atoms with E-state index in [-0.39, 0.29) is 5.54 Å². The topological polar surface area (TPSA) is 42.7 Å². The van der Waals surface area contributed by atoms with Crippen molar-refractivity contribution in [3.05, 3.63) is 31.9 Å². The fourth-order valence-corrected chi connectivity index (χ4v) is 2.83. The van der Waals surface area contributed by atoms with E-state index in [1.165, 1.54) is 0 Å². The van der Waals surface area contributed by atoms with Crippen LogP contribution in [0.1, 0.15) is 42.9 Å². The Balaban J connectivity index is 2.04. The second-order valence-corrected chi connectivity index (χ2v) is 7.71. The highest BCUT2D eigenvalue weighted by Crippen LogP contribution is 2.21. The zero-order chi connectivity index (χ0) is 14.9. The molecule has 0 aromatic carbocycles. The Kier molecular flexibility index (Phi) is 4.66. The number of hydrogen-bond acceptors (Lipinski definition) is 4. The van der Waals surface area contributed by atoms with Crippen molar-refractivity contribution < 1.29 is 0 Å². The molecule has 0 aliphatic rings. The number of rotatable bonds is 4. The van der Waals surface area contributed by atoms with Gasteiger partial charge in [0.1, 0.15) is 5.01 Å². The Hall–Kier alpha value is -0.720. The van der Waals surface area contributed by atoms with Gasteiger partial charge in [-0.2, -0.15) is 5.10 Å². The number of aryl methyl sites for hydroxylation is 1. The first-order valence-electron chi connectivity index (χ1n) is 6.64. The van der Waals surface area contributed by atoms with E-state index in [1.807, 2.05) is 11.6 Å². The summed E-state index contributed by atoms with van der Waals surface area (Å²) in [6.07, 6.45) is 0. The van der Waals surface area contributed by atoms with Crippen LogP contribution in [0.5, 0.6) is 0 Å². The molecule has 2 aromatic heterocycles. The maximum absolute atomic E-state index is 4.67. The van der Waals surface area contributed by atoms with Gasteiger partial charge in [-0.25, -0.2) is 4.98 Å². The minimum absolute atomic E-state index is 0.117. The molecule has 0 aliphatic heterocycles. The van der Waals surface area contributed by atoms with Gasteiger partial charge in [0.25, 0.3) is 0 Å². The van der Waals surface area contributed by atoms with Gasteiger partial charge in [-0.3, -0.25) is 4.68 Å². The third-order valence-corrected chi connectivity index (χ3v) is 5.02. The van der Waals surface area contributed by atoms with Crippen LogP contribution in [0.15, 0.2) is 9.85 Å². The first-order valence-corrected chi connectivity index (χ1v) is 8.31. The highest BCUT2D eigenvalue weighted by atomic mass is 79.9. The third kappa shape index (κ3) is 3.90. The second kappa shape index (κ2) is 5.95. The summed E-state index contributed by atoms with van der Waals surface area (Å²) >= 11 is 5.25. The average molecular weight is 357 g/mol. The summed E-state index contributed by atoms with van der Waals surface area (Å²) in [5.74, 6) is 0. The van der Waals surface area contributed by atoms with Crippen molar-refractivity contribution in [3.63, 3.8) is 0 Å². The summed E-state index contributed by atoms with van der Waals surface area (Å²) in [7, 11) is 0. The number of aromatic nitrogens is 3. The van der Waals surface area contributed by atoms with Crippen molar-refractivity contribution in [2.24, 2.45) is 0 Å². The molecule has 0 bridgehead atoms. The molecule has 0 fully saturated rings. The van der Waals surface area contributed by atoms with Crippen molar-refractivity contribution in [1.82, 2.24) is 20.1 Å². The van der Waals surface area contributed by atoms with E-state index in [1.54, 1.807) is 11.3 Å². The van der Waals surface area contributed by atoms with Crippen LogP contribution in [0.25, 0.3) is 0 Å². The Morgan fingerprint density at radius 2 is 2.05 bits per heavy atom. The number of halogens is 1. The predicted molar refractivity (Wildman–Crippen MR) is 87.2 cm³/mol. The van der Waals surface area contributed by atoms with Crippen LogP contribution < -0.4 is 5.32 Å². The van der Waals surface area contributed by atoms with Crippen molar-refractivity contribution in [2.75, 3.05) is 0 Å². The lowest BCUT2D eigenvalue weighted by molar-refractivity contribution is 0.423. The number of hydrogen-bond donors (Lipinski definition) is 1. The van der Waals surface area contributed by atoms with Gasteiger partial charge in [0.2, 0.25) is 0 Å². The van der Waals surface area contributed by atoms with E-state index in [4.69, 9.17) is 0 Å². The molecule has 110 valence electrons. The lowest BCUT2D eigenvalue weighted by atomic mass is 10.1. The quantitative estimate of drug-likeness (QED) is 0.908. The molecule has 0 amide bonds. The molecular formula is C14H21BrN4S. The fourth-order valence-electron chi connectivity index (χ4n) is 1.83. The van der Waals surface area contributed by atoms with E-state index in [0.717, 1.165) is 39.7 Å². The Morgan fingerprint density at radius 1 is 1.35 bits per heavy atom. The Labute approximate surface area is 132 Å². The van der Waals surface area contributed by atoms with Crippen molar-refractivity contribution in [1.29, 1.82) is 0 Å². The van der Waals surface area contributed by atoms with E-state index in [9.17, 15) is 0 Å². The minimum atomic E-state index is 0.117. The molecule has 1 N–H and O–H groups in total. The Morgan fingerprint density at radius 3 is 2.60 bits per heavy atom. The smallest absolute Gasteiger partial charge is 0.107 e. The van der Waals surface area contributed by atoms with Crippen LogP contribution in [0, 0.1) is 13.8 Å². The van der Waals surface area contributed by atoms with Crippen LogP contribution in [-0.4, -0.2) is 20.3 Å². The summed E-state index contributed by atoms with van der Waals surface area (Å²) < 4.78 is 3.08. The normalized spacial score (nSPS) is 12.1. The van der Waals surface area contributed by atoms with Gasteiger partial charge in [0.05, 0.1) is 28.1 Å². The highest BCUT2D eigenvalue weighted by Gasteiger charge is 2.12. The van der Waals surface area contributed by atoms with E-state index in [0.29, 0.717) is 0 Å². The van der Waals surface area contributed by atoms with Crippen LogP contribution in [0.3, 0.4) is 0 Å². The van der Waals surface area contributed by atoms with Crippen molar-refractivity contribution in [2.45, 2.75) is 53.2 Å². The van der Waals surface area contributed by atoms with Gasteiger partial charge in [-0.15, -0.1) is 11.3 Å². The van der Waals surface area contributed by atoms with Crippen LogP contribution in [0.2, 0.25) is 0 Å². The highest BCUT2D eigenvalue weighted by molar-refractivity contribution is 9.10. The SMILES string of the molecule is Cc1nn(Cc2csc(CNC(C)(C)C)n2)c(C)c1Br. The van der Waals surface area contributed by atoms with Gasteiger partial charge in [0, 0.05) is 17.5 Å². The predicted octanol–water partition coefficient (Wildman–Crippen LogP) is 3.66. The summed E-state index contributed by atoms with van der Waals surface area (Å²) in [6, 6.07) is 0. The fraction of sp³-hybridized carbons (Fsp3) is 0.571. The van der Waals surface area contributed by atoms with Gasteiger partial charge in [-0.1, -0.05) is 0 Å². The molecule has 0 atom stereocenters. The molecule has 6 heteroatoms. The Bertz CT molecular complexity index is 595. The summed E-state index contributed by atoms with van der Waals surface area (Å²) in [5, 5.41) is 11.2. The van der Waals surface area contributed by atoms with E-state index < -0.39 is 0 Å².